The summed E-state index contributed by atoms with van der Waals surface area (Å²) in [5.74, 6) is 0. The Bertz CT molecular complexity index is 252. The number of hydrogen-bond acceptors (Lipinski definition) is 0. The molecule has 0 bridgehead atoms. The first-order valence-corrected chi connectivity index (χ1v) is 3.07. The standard InChI is InChI=1S/C8H6N2.Y/c1-2-8(10-4-1)7-3-5-9-6-7;/h1,3-5,9-10H;/q-2;. The van der Waals surface area contributed by atoms with Gasteiger partial charge in [-0.3, -0.25) is 0 Å². The van der Waals surface area contributed by atoms with Crippen LogP contribution in [0.2, 0.25) is 0 Å². The Labute approximate surface area is 90.3 Å². The second-order valence-electron chi connectivity index (χ2n) is 2.01. The fourth-order valence-corrected chi connectivity index (χ4v) is 0.879. The minimum atomic E-state index is 0. The van der Waals surface area contributed by atoms with Crippen LogP contribution >= 0.6 is 0 Å². The first-order chi connectivity index (χ1) is 4.97. The van der Waals surface area contributed by atoms with E-state index in [9.17, 15) is 0 Å². The van der Waals surface area contributed by atoms with Gasteiger partial charge in [0.1, 0.15) is 0 Å². The Morgan fingerprint density at radius 3 is 2.73 bits per heavy atom. The molecule has 0 aliphatic rings. The van der Waals surface area contributed by atoms with Gasteiger partial charge in [-0.1, -0.05) is 0 Å². The zero-order valence-electron chi connectivity index (χ0n) is 5.89. The molecule has 2 aromatic heterocycles. The predicted octanol–water partition coefficient (Wildman–Crippen LogP) is 1.61. The zero-order chi connectivity index (χ0) is 6.81. The normalized spacial score (nSPS) is 9.09. The van der Waals surface area contributed by atoms with Crippen molar-refractivity contribution in [2.75, 3.05) is 0 Å². The van der Waals surface area contributed by atoms with E-state index < -0.39 is 0 Å². The minimum Gasteiger partial charge on any atom is -0.474 e. The van der Waals surface area contributed by atoms with Crippen molar-refractivity contribution < 1.29 is 32.7 Å². The molecule has 2 N–H and O–H groups in total. The molecule has 0 fully saturated rings. The summed E-state index contributed by atoms with van der Waals surface area (Å²) in [6.07, 6.45) is 6.63. The molecule has 2 heterocycles. The summed E-state index contributed by atoms with van der Waals surface area (Å²) in [5.41, 5.74) is 1.99. The Morgan fingerprint density at radius 2 is 2.18 bits per heavy atom. The maximum absolute atomic E-state index is 3.03. The van der Waals surface area contributed by atoms with Gasteiger partial charge in [-0.2, -0.15) is 11.8 Å². The molecule has 0 atom stereocenters. The SMILES string of the molecule is [Y].[c-]1[nH]ccc1-c1[c-]cc[nH]1. The van der Waals surface area contributed by atoms with Gasteiger partial charge in [-0.15, -0.1) is 18.6 Å². The van der Waals surface area contributed by atoms with Gasteiger partial charge < -0.3 is 9.97 Å². The van der Waals surface area contributed by atoms with E-state index in [1.807, 2.05) is 24.5 Å². The van der Waals surface area contributed by atoms with Crippen LogP contribution < -0.4 is 0 Å². The Hall–Kier alpha value is -0.336. The Balaban J connectivity index is 0.000000605. The second kappa shape index (κ2) is 3.89. The van der Waals surface area contributed by atoms with Crippen molar-refractivity contribution in [1.29, 1.82) is 0 Å². The topological polar surface area (TPSA) is 31.6 Å². The van der Waals surface area contributed by atoms with Crippen molar-refractivity contribution in [1.82, 2.24) is 9.97 Å². The Kier molecular flexibility index (Phi) is 3.09. The maximum atomic E-state index is 3.03. The number of nitrogens with one attached hydrogen (secondary N) is 2. The molecule has 0 saturated heterocycles. The molecule has 11 heavy (non-hydrogen) atoms. The summed E-state index contributed by atoms with van der Waals surface area (Å²) in [6, 6.07) is 6.82. The number of aromatic amines is 2. The average molecular weight is 219 g/mol. The maximum Gasteiger partial charge on any atom is 0 e. The van der Waals surface area contributed by atoms with Gasteiger partial charge >= 0.3 is 0 Å². The van der Waals surface area contributed by atoms with Gasteiger partial charge in [-0.25, -0.2) is 17.7 Å². The molecular weight excluding hydrogens is 213 g/mol. The van der Waals surface area contributed by atoms with E-state index in [0.717, 1.165) is 11.3 Å². The molecule has 0 saturated carbocycles. The van der Waals surface area contributed by atoms with Crippen LogP contribution in [0.5, 0.6) is 0 Å². The molecule has 3 heteroatoms. The van der Waals surface area contributed by atoms with Crippen LogP contribution in [0.1, 0.15) is 0 Å². The molecule has 2 rings (SSSR count). The van der Waals surface area contributed by atoms with Crippen molar-refractivity contribution in [3.05, 3.63) is 36.8 Å². The average Bonchev–Trinajstić information content (AvgIpc) is 2.59. The van der Waals surface area contributed by atoms with Gasteiger partial charge in [0.2, 0.25) is 0 Å². The molecule has 0 aliphatic heterocycles. The molecule has 0 aliphatic carbocycles. The minimum absolute atomic E-state index is 0. The smallest absolute Gasteiger partial charge is 0 e. The van der Waals surface area contributed by atoms with Crippen LogP contribution in [0.3, 0.4) is 0 Å². The molecule has 0 amide bonds. The molecule has 53 valence electrons. The Morgan fingerprint density at radius 1 is 1.27 bits per heavy atom. The van der Waals surface area contributed by atoms with E-state index >= 15 is 0 Å². The first-order valence-electron chi connectivity index (χ1n) is 3.07. The van der Waals surface area contributed by atoms with Crippen molar-refractivity contribution in [2.45, 2.75) is 0 Å². The fourth-order valence-electron chi connectivity index (χ4n) is 0.879. The second-order valence-corrected chi connectivity index (χ2v) is 2.01. The van der Waals surface area contributed by atoms with Gasteiger partial charge in [0.05, 0.1) is 0 Å². The number of H-pyrrole nitrogens is 2. The third-order valence-corrected chi connectivity index (χ3v) is 1.35. The van der Waals surface area contributed by atoms with Gasteiger partial charge in [-0.05, 0) is 0 Å². The van der Waals surface area contributed by atoms with Crippen LogP contribution in [0.4, 0.5) is 0 Å². The summed E-state index contributed by atoms with van der Waals surface area (Å²) in [5, 5.41) is 0. The van der Waals surface area contributed by atoms with Crippen molar-refractivity contribution in [2.24, 2.45) is 0 Å². The van der Waals surface area contributed by atoms with E-state index in [0.29, 0.717) is 0 Å². The van der Waals surface area contributed by atoms with Crippen LogP contribution in [0.25, 0.3) is 11.3 Å². The van der Waals surface area contributed by atoms with Crippen molar-refractivity contribution in [3.8, 4) is 11.3 Å². The van der Waals surface area contributed by atoms with Crippen molar-refractivity contribution in [3.63, 3.8) is 0 Å². The van der Waals surface area contributed by atoms with E-state index in [1.54, 1.807) is 0 Å². The molecule has 2 aromatic rings. The molecular formula is C8H6N2Y-2. The van der Waals surface area contributed by atoms with E-state index in [4.69, 9.17) is 0 Å². The largest absolute Gasteiger partial charge is 0.474 e. The number of rotatable bonds is 1. The van der Waals surface area contributed by atoms with E-state index in [2.05, 4.69) is 22.2 Å². The number of aromatic nitrogens is 2. The van der Waals surface area contributed by atoms with Gasteiger partial charge in [0, 0.05) is 32.7 Å². The molecule has 2 nitrogen and oxygen atoms in total. The quantitative estimate of drug-likeness (QED) is 0.683. The van der Waals surface area contributed by atoms with Gasteiger partial charge in [0.25, 0.3) is 0 Å². The molecule has 0 spiro atoms. The van der Waals surface area contributed by atoms with Crippen molar-refractivity contribution >= 4 is 0 Å². The zero-order valence-corrected chi connectivity index (χ0v) is 8.73. The summed E-state index contributed by atoms with van der Waals surface area (Å²) < 4.78 is 0. The van der Waals surface area contributed by atoms with E-state index in [-0.39, 0.29) is 32.7 Å². The van der Waals surface area contributed by atoms with Crippen LogP contribution in [-0.4, -0.2) is 9.97 Å². The predicted molar refractivity (Wildman–Crippen MR) is 38.3 cm³/mol. The molecule has 1 radical (unpaired) electrons. The van der Waals surface area contributed by atoms with Gasteiger partial charge in [0.15, 0.2) is 0 Å². The summed E-state index contributed by atoms with van der Waals surface area (Å²) >= 11 is 0. The number of hydrogen-bond donors (Lipinski definition) is 2. The van der Waals surface area contributed by atoms with Crippen LogP contribution in [0, 0.1) is 12.3 Å². The molecule has 0 aromatic carbocycles. The summed E-state index contributed by atoms with van der Waals surface area (Å²) in [4.78, 5) is 5.89. The van der Waals surface area contributed by atoms with E-state index in [1.165, 1.54) is 0 Å². The third kappa shape index (κ3) is 1.82. The summed E-state index contributed by atoms with van der Waals surface area (Å²) in [6.45, 7) is 0. The summed E-state index contributed by atoms with van der Waals surface area (Å²) in [7, 11) is 0. The first kappa shape index (κ1) is 8.76. The monoisotopic (exact) mass is 219 g/mol. The fraction of sp³-hybridized carbons (Fsp3) is 0. The van der Waals surface area contributed by atoms with Crippen LogP contribution in [-0.2, 0) is 32.7 Å². The van der Waals surface area contributed by atoms with Crippen LogP contribution in [0.15, 0.2) is 24.5 Å². The molecule has 0 unspecified atom stereocenters. The third-order valence-electron chi connectivity index (χ3n) is 1.35.